The molecule has 0 saturated heterocycles. The molecule has 158 valence electrons. The van der Waals surface area contributed by atoms with Crippen LogP contribution in [-0.4, -0.2) is 16.4 Å². The minimum atomic E-state index is -0.543. The fourth-order valence-electron chi connectivity index (χ4n) is 3.10. The van der Waals surface area contributed by atoms with E-state index in [0.717, 1.165) is 29.9 Å². The van der Waals surface area contributed by atoms with Gasteiger partial charge in [-0.15, -0.1) is 0 Å². The fraction of sp³-hybridized carbons (Fsp3) is 0.348. The van der Waals surface area contributed by atoms with Crippen molar-refractivity contribution in [2.45, 2.75) is 47.6 Å². The van der Waals surface area contributed by atoms with Crippen LogP contribution in [-0.2, 0) is 16.1 Å². The maximum atomic E-state index is 12.6. The van der Waals surface area contributed by atoms with Gasteiger partial charge in [-0.3, -0.25) is 9.59 Å². The summed E-state index contributed by atoms with van der Waals surface area (Å²) < 4.78 is 2.20. The molecule has 0 fully saturated rings. The Morgan fingerprint density at radius 1 is 1.23 bits per heavy atom. The van der Waals surface area contributed by atoms with Crippen LogP contribution in [0.4, 0.5) is 11.4 Å². The van der Waals surface area contributed by atoms with E-state index < -0.39 is 5.91 Å². The van der Waals surface area contributed by atoms with Gasteiger partial charge < -0.3 is 15.2 Å². The van der Waals surface area contributed by atoms with Crippen LogP contribution in [0.5, 0.6) is 0 Å². The quantitative estimate of drug-likeness (QED) is 0.464. The van der Waals surface area contributed by atoms with Gasteiger partial charge in [-0.1, -0.05) is 25.4 Å². The smallest absolute Gasteiger partial charge is 0.266 e. The third-order valence-corrected chi connectivity index (χ3v) is 5.06. The zero-order chi connectivity index (χ0) is 22.4. The summed E-state index contributed by atoms with van der Waals surface area (Å²) in [4.78, 5) is 23.8. The summed E-state index contributed by atoms with van der Waals surface area (Å²) in [5.74, 6) is -0.172. The molecule has 6 nitrogen and oxygen atoms in total. The van der Waals surface area contributed by atoms with Gasteiger partial charge in [0.1, 0.15) is 11.6 Å². The molecule has 2 aromatic rings. The first-order chi connectivity index (χ1) is 14.1. The van der Waals surface area contributed by atoms with Crippen LogP contribution in [0.3, 0.4) is 0 Å². The van der Waals surface area contributed by atoms with Gasteiger partial charge in [0, 0.05) is 30.5 Å². The van der Waals surface area contributed by atoms with E-state index in [9.17, 15) is 14.9 Å². The maximum absolute atomic E-state index is 12.6. The highest BCUT2D eigenvalue weighted by atomic mass is 35.5. The van der Waals surface area contributed by atoms with E-state index >= 15 is 0 Å². The Hall–Kier alpha value is -3.04. The molecule has 30 heavy (non-hydrogen) atoms. The lowest BCUT2D eigenvalue weighted by Gasteiger charge is -2.11. The molecule has 2 amide bonds. The summed E-state index contributed by atoms with van der Waals surface area (Å²) >= 11 is 6.20. The van der Waals surface area contributed by atoms with Crippen molar-refractivity contribution in [1.29, 1.82) is 5.26 Å². The SMILES string of the molecule is CC(=O)Nc1ccc(NC(=O)/C(C#N)=C\c2cc(C)n(CCC(C)C)c2C)c(Cl)c1. The van der Waals surface area contributed by atoms with Crippen molar-refractivity contribution in [1.82, 2.24) is 4.57 Å². The molecule has 2 rings (SSSR count). The number of halogens is 1. The Morgan fingerprint density at radius 3 is 2.50 bits per heavy atom. The van der Waals surface area contributed by atoms with Crippen molar-refractivity contribution in [2.24, 2.45) is 5.92 Å². The number of hydrogen-bond acceptors (Lipinski definition) is 3. The van der Waals surface area contributed by atoms with Crippen LogP contribution in [0, 0.1) is 31.1 Å². The molecule has 0 saturated carbocycles. The lowest BCUT2D eigenvalue weighted by atomic mass is 10.1. The Balaban J connectivity index is 2.23. The highest BCUT2D eigenvalue weighted by molar-refractivity contribution is 6.34. The highest BCUT2D eigenvalue weighted by Gasteiger charge is 2.15. The zero-order valence-corrected chi connectivity index (χ0v) is 18.7. The first kappa shape index (κ1) is 23.2. The van der Waals surface area contributed by atoms with Crippen molar-refractivity contribution < 1.29 is 9.59 Å². The van der Waals surface area contributed by atoms with Crippen molar-refractivity contribution >= 4 is 40.9 Å². The summed E-state index contributed by atoms with van der Waals surface area (Å²) in [5, 5.41) is 15.1. The fourth-order valence-corrected chi connectivity index (χ4v) is 3.32. The van der Waals surface area contributed by atoms with Crippen LogP contribution < -0.4 is 10.6 Å². The van der Waals surface area contributed by atoms with Crippen molar-refractivity contribution in [3.8, 4) is 6.07 Å². The summed E-state index contributed by atoms with van der Waals surface area (Å²) in [6.45, 7) is 10.7. The molecule has 0 aliphatic rings. The van der Waals surface area contributed by atoms with Gasteiger partial charge in [0.25, 0.3) is 5.91 Å². The second-order valence-corrected chi connectivity index (χ2v) is 8.07. The molecule has 1 aromatic carbocycles. The Kier molecular flexibility index (Phi) is 7.85. The van der Waals surface area contributed by atoms with Crippen molar-refractivity contribution in [3.05, 3.63) is 51.8 Å². The van der Waals surface area contributed by atoms with Gasteiger partial charge >= 0.3 is 0 Å². The second kappa shape index (κ2) is 10.1. The van der Waals surface area contributed by atoms with Gasteiger partial charge in [0.15, 0.2) is 0 Å². The summed E-state index contributed by atoms with van der Waals surface area (Å²) in [6, 6.07) is 8.70. The van der Waals surface area contributed by atoms with Gasteiger partial charge in [0.05, 0.1) is 10.7 Å². The average molecular weight is 427 g/mol. The highest BCUT2D eigenvalue weighted by Crippen LogP contribution is 2.26. The van der Waals surface area contributed by atoms with Crippen LogP contribution in [0.1, 0.15) is 44.1 Å². The summed E-state index contributed by atoms with van der Waals surface area (Å²) in [7, 11) is 0. The largest absolute Gasteiger partial charge is 0.349 e. The third kappa shape index (κ3) is 5.98. The van der Waals surface area contributed by atoms with E-state index in [1.165, 1.54) is 13.0 Å². The number of aryl methyl sites for hydroxylation is 1. The molecule has 0 atom stereocenters. The van der Waals surface area contributed by atoms with E-state index in [4.69, 9.17) is 11.6 Å². The van der Waals surface area contributed by atoms with Crippen LogP contribution in [0.25, 0.3) is 6.08 Å². The van der Waals surface area contributed by atoms with E-state index in [1.54, 1.807) is 18.2 Å². The molecule has 7 heteroatoms. The molecule has 2 N–H and O–H groups in total. The molecular formula is C23H27ClN4O2. The van der Waals surface area contributed by atoms with Gasteiger partial charge in [0.2, 0.25) is 5.91 Å². The molecule has 0 spiro atoms. The number of carbonyl (C=O) groups is 2. The molecule has 0 unspecified atom stereocenters. The number of hydrogen-bond donors (Lipinski definition) is 2. The molecule has 0 aliphatic heterocycles. The van der Waals surface area contributed by atoms with E-state index in [-0.39, 0.29) is 16.5 Å². The average Bonchev–Trinajstić information content (AvgIpc) is 2.92. The number of benzene rings is 1. The maximum Gasteiger partial charge on any atom is 0.266 e. The van der Waals surface area contributed by atoms with Crippen LogP contribution in [0.15, 0.2) is 29.8 Å². The number of nitrogens with zero attached hydrogens (tertiary/aromatic N) is 2. The molecular weight excluding hydrogens is 400 g/mol. The second-order valence-electron chi connectivity index (χ2n) is 7.66. The van der Waals surface area contributed by atoms with Crippen LogP contribution in [0.2, 0.25) is 5.02 Å². The first-order valence-electron chi connectivity index (χ1n) is 9.79. The predicted octanol–water partition coefficient (Wildman–Crippen LogP) is 5.31. The van der Waals surface area contributed by atoms with Gasteiger partial charge in [-0.25, -0.2) is 0 Å². The van der Waals surface area contributed by atoms with Gasteiger partial charge in [-0.2, -0.15) is 5.26 Å². The standard InChI is InChI=1S/C23H27ClN4O2/c1-14(2)8-9-28-15(3)10-18(16(28)4)11-19(13-25)23(30)27-22-7-6-20(12-21(22)24)26-17(5)29/h6-7,10-12,14H,8-9H2,1-5H3,(H,26,29)(H,27,30)/b19-11-. The van der Waals surface area contributed by atoms with Gasteiger partial charge in [-0.05, 0) is 62.1 Å². The molecule has 1 aromatic heterocycles. The van der Waals surface area contributed by atoms with E-state index in [2.05, 4.69) is 29.0 Å². The molecule has 1 heterocycles. The van der Waals surface area contributed by atoms with Crippen LogP contribution >= 0.6 is 11.6 Å². The summed E-state index contributed by atoms with van der Waals surface area (Å²) in [5.41, 5.74) is 3.82. The van der Waals surface area contributed by atoms with E-state index in [1.807, 2.05) is 26.0 Å². The lowest BCUT2D eigenvalue weighted by molar-refractivity contribution is -0.114. The minimum absolute atomic E-state index is 0.0129. The number of rotatable bonds is 7. The molecule has 0 bridgehead atoms. The third-order valence-electron chi connectivity index (χ3n) is 4.75. The predicted molar refractivity (Wildman–Crippen MR) is 121 cm³/mol. The monoisotopic (exact) mass is 426 g/mol. The first-order valence-corrected chi connectivity index (χ1v) is 10.2. The number of amides is 2. The lowest BCUT2D eigenvalue weighted by Crippen LogP contribution is -2.14. The zero-order valence-electron chi connectivity index (χ0n) is 18.0. The molecule has 0 aliphatic carbocycles. The Bertz CT molecular complexity index is 1030. The normalized spacial score (nSPS) is 11.3. The summed E-state index contributed by atoms with van der Waals surface area (Å²) in [6.07, 6.45) is 2.65. The van der Waals surface area contributed by atoms with Crippen molar-refractivity contribution in [3.63, 3.8) is 0 Å². The Morgan fingerprint density at radius 2 is 1.93 bits per heavy atom. The van der Waals surface area contributed by atoms with E-state index in [0.29, 0.717) is 17.3 Å². The number of nitriles is 1. The Labute approximate surface area is 182 Å². The number of anilines is 2. The number of aromatic nitrogens is 1. The van der Waals surface area contributed by atoms with Crippen molar-refractivity contribution in [2.75, 3.05) is 10.6 Å². The number of carbonyl (C=O) groups excluding carboxylic acids is 2. The molecule has 0 radical (unpaired) electrons. The minimum Gasteiger partial charge on any atom is -0.349 e. The topological polar surface area (TPSA) is 86.9 Å². The number of nitrogens with one attached hydrogen (secondary N) is 2.